The van der Waals surface area contributed by atoms with E-state index in [0.29, 0.717) is 0 Å². The van der Waals surface area contributed by atoms with Gasteiger partial charge in [-0.05, 0) is 44.0 Å². The molecule has 0 aromatic heterocycles. The zero-order valence-electron chi connectivity index (χ0n) is 14.4. The molecule has 1 amide bonds. The minimum absolute atomic E-state index is 0.0826. The highest BCUT2D eigenvalue weighted by atomic mass is 19.4. The van der Waals surface area contributed by atoms with E-state index in [1.165, 1.54) is 18.2 Å². The van der Waals surface area contributed by atoms with E-state index >= 15 is 0 Å². The smallest absolute Gasteiger partial charge is 0.324 e. The van der Waals surface area contributed by atoms with Gasteiger partial charge in [-0.3, -0.25) is 4.79 Å². The maximum Gasteiger partial charge on any atom is 0.418 e. The second-order valence-electron chi connectivity index (χ2n) is 6.05. The molecule has 0 bridgehead atoms. The first-order valence-corrected chi connectivity index (χ1v) is 7.95. The van der Waals surface area contributed by atoms with Crippen LogP contribution in [0.25, 0.3) is 0 Å². The van der Waals surface area contributed by atoms with Crippen molar-refractivity contribution >= 4 is 11.6 Å². The van der Waals surface area contributed by atoms with Crippen molar-refractivity contribution in [2.24, 2.45) is 0 Å². The summed E-state index contributed by atoms with van der Waals surface area (Å²) in [6.45, 7) is 5.79. The molecule has 0 aliphatic heterocycles. The molecule has 0 saturated heterocycles. The topological polar surface area (TPSA) is 41.1 Å². The number of carbonyl (C=O) groups excluding carboxylic acids is 1. The number of halogens is 3. The zero-order valence-corrected chi connectivity index (χ0v) is 14.4. The van der Waals surface area contributed by atoms with Gasteiger partial charge >= 0.3 is 6.18 Å². The fraction of sp³-hybridized carbons (Fsp3) is 0.316. The van der Waals surface area contributed by atoms with Gasteiger partial charge in [-0.1, -0.05) is 35.9 Å². The van der Waals surface area contributed by atoms with Gasteiger partial charge in [0.05, 0.1) is 17.8 Å². The molecular formula is C19H21F3N2O. The van der Waals surface area contributed by atoms with Crippen LogP contribution in [0.5, 0.6) is 0 Å². The third-order valence-electron chi connectivity index (χ3n) is 3.98. The van der Waals surface area contributed by atoms with Crippen molar-refractivity contribution in [2.75, 3.05) is 11.9 Å². The van der Waals surface area contributed by atoms with Gasteiger partial charge in [-0.15, -0.1) is 0 Å². The Morgan fingerprint density at radius 1 is 1.12 bits per heavy atom. The van der Waals surface area contributed by atoms with E-state index in [0.717, 1.165) is 22.8 Å². The summed E-state index contributed by atoms with van der Waals surface area (Å²) < 4.78 is 38.8. The van der Waals surface area contributed by atoms with E-state index < -0.39 is 17.6 Å². The Labute approximate surface area is 145 Å². The van der Waals surface area contributed by atoms with E-state index in [1.54, 1.807) is 0 Å². The minimum Gasteiger partial charge on any atom is -0.324 e. The van der Waals surface area contributed by atoms with Gasteiger partial charge < -0.3 is 10.6 Å². The number of hydrogen-bond acceptors (Lipinski definition) is 2. The van der Waals surface area contributed by atoms with Crippen LogP contribution in [-0.4, -0.2) is 12.5 Å². The number of amides is 1. The highest BCUT2D eigenvalue weighted by Gasteiger charge is 2.33. The molecule has 25 heavy (non-hydrogen) atoms. The number of alkyl halides is 3. The summed E-state index contributed by atoms with van der Waals surface area (Å²) in [5.41, 5.74) is 2.17. The summed E-state index contributed by atoms with van der Waals surface area (Å²) in [4.78, 5) is 12.0. The number of rotatable bonds is 5. The highest BCUT2D eigenvalue weighted by molar-refractivity contribution is 5.93. The van der Waals surface area contributed by atoms with Crippen LogP contribution in [0.15, 0.2) is 42.5 Å². The standard InChI is InChI=1S/C19H21F3N2O/c1-12-8-9-13(2)15(10-12)14(3)23-11-18(25)24-17-7-5-4-6-16(17)19(20,21)22/h4-10,14,23H,11H2,1-3H3,(H,24,25)/t14-/m1/s1. The molecule has 134 valence electrons. The number of hydrogen-bond donors (Lipinski definition) is 2. The van der Waals surface area contributed by atoms with Crippen molar-refractivity contribution < 1.29 is 18.0 Å². The van der Waals surface area contributed by atoms with Gasteiger partial charge in [0.15, 0.2) is 0 Å². The van der Waals surface area contributed by atoms with E-state index in [4.69, 9.17) is 0 Å². The van der Waals surface area contributed by atoms with Crippen molar-refractivity contribution in [2.45, 2.75) is 33.0 Å². The first-order chi connectivity index (χ1) is 11.7. The largest absolute Gasteiger partial charge is 0.418 e. The van der Waals surface area contributed by atoms with Crippen LogP contribution in [0.3, 0.4) is 0 Å². The first kappa shape index (κ1) is 19.0. The molecule has 0 heterocycles. The van der Waals surface area contributed by atoms with Crippen LogP contribution in [0, 0.1) is 13.8 Å². The van der Waals surface area contributed by atoms with Crippen LogP contribution in [-0.2, 0) is 11.0 Å². The lowest BCUT2D eigenvalue weighted by molar-refractivity contribution is -0.137. The molecular weight excluding hydrogens is 329 g/mol. The normalized spacial score (nSPS) is 12.7. The molecule has 6 heteroatoms. The Morgan fingerprint density at radius 3 is 2.48 bits per heavy atom. The predicted molar refractivity (Wildman–Crippen MR) is 92.4 cm³/mol. The third-order valence-corrected chi connectivity index (χ3v) is 3.98. The number of para-hydroxylation sites is 1. The van der Waals surface area contributed by atoms with Crippen LogP contribution in [0.1, 0.15) is 35.2 Å². The zero-order chi connectivity index (χ0) is 18.6. The Hall–Kier alpha value is -2.34. The quantitative estimate of drug-likeness (QED) is 0.827. The van der Waals surface area contributed by atoms with E-state index in [1.807, 2.05) is 39.0 Å². The molecule has 0 fully saturated rings. The molecule has 0 saturated carbocycles. The number of carbonyl (C=O) groups is 1. The molecule has 2 aromatic rings. The van der Waals surface area contributed by atoms with Crippen LogP contribution < -0.4 is 10.6 Å². The average molecular weight is 350 g/mol. The predicted octanol–water partition coefficient (Wildman–Crippen LogP) is 4.61. The molecule has 2 aromatic carbocycles. The second kappa shape index (κ2) is 7.70. The van der Waals surface area contributed by atoms with Crippen LogP contribution >= 0.6 is 0 Å². The van der Waals surface area contributed by atoms with Gasteiger partial charge in [0.2, 0.25) is 5.91 Å². The Bertz CT molecular complexity index is 757. The lowest BCUT2D eigenvalue weighted by Gasteiger charge is -2.18. The summed E-state index contributed by atoms with van der Waals surface area (Å²) >= 11 is 0. The number of nitrogens with one attached hydrogen (secondary N) is 2. The number of aryl methyl sites for hydroxylation is 2. The molecule has 2 N–H and O–H groups in total. The highest BCUT2D eigenvalue weighted by Crippen LogP contribution is 2.34. The van der Waals surface area contributed by atoms with Crippen molar-refractivity contribution in [1.82, 2.24) is 5.32 Å². The van der Waals surface area contributed by atoms with E-state index in [2.05, 4.69) is 10.6 Å². The second-order valence-corrected chi connectivity index (χ2v) is 6.05. The molecule has 0 unspecified atom stereocenters. The summed E-state index contributed by atoms with van der Waals surface area (Å²) in [7, 11) is 0. The third kappa shape index (κ3) is 5.06. The molecule has 0 radical (unpaired) electrons. The van der Waals surface area contributed by atoms with Crippen molar-refractivity contribution in [3.05, 3.63) is 64.7 Å². The minimum atomic E-state index is -4.51. The maximum absolute atomic E-state index is 12.9. The Balaban J connectivity index is 2.01. The monoisotopic (exact) mass is 350 g/mol. The lowest BCUT2D eigenvalue weighted by Crippen LogP contribution is -2.31. The fourth-order valence-corrected chi connectivity index (χ4v) is 2.62. The summed E-state index contributed by atoms with van der Waals surface area (Å²) in [5.74, 6) is -0.520. The van der Waals surface area contributed by atoms with E-state index in [-0.39, 0.29) is 18.3 Å². The van der Waals surface area contributed by atoms with Crippen molar-refractivity contribution in [1.29, 1.82) is 0 Å². The molecule has 2 rings (SSSR count). The molecule has 0 spiro atoms. The van der Waals surface area contributed by atoms with Crippen LogP contribution in [0.2, 0.25) is 0 Å². The lowest BCUT2D eigenvalue weighted by atomic mass is 10.00. The van der Waals surface area contributed by atoms with Gasteiger partial charge in [0.25, 0.3) is 0 Å². The SMILES string of the molecule is Cc1ccc(C)c([C@@H](C)NCC(=O)Nc2ccccc2C(F)(F)F)c1. The summed E-state index contributed by atoms with van der Waals surface area (Å²) in [6, 6.07) is 10.9. The molecule has 0 aliphatic carbocycles. The summed E-state index contributed by atoms with van der Waals surface area (Å²) in [5, 5.41) is 5.38. The number of benzene rings is 2. The Kier molecular flexibility index (Phi) is 5.85. The Morgan fingerprint density at radius 2 is 1.80 bits per heavy atom. The fourth-order valence-electron chi connectivity index (χ4n) is 2.62. The first-order valence-electron chi connectivity index (χ1n) is 7.95. The van der Waals surface area contributed by atoms with Crippen LogP contribution in [0.4, 0.5) is 18.9 Å². The van der Waals surface area contributed by atoms with Crippen molar-refractivity contribution in [3.63, 3.8) is 0 Å². The molecule has 1 atom stereocenters. The maximum atomic E-state index is 12.9. The van der Waals surface area contributed by atoms with Crippen molar-refractivity contribution in [3.8, 4) is 0 Å². The summed E-state index contributed by atoms with van der Waals surface area (Å²) in [6.07, 6.45) is -4.51. The van der Waals surface area contributed by atoms with Gasteiger partial charge in [0, 0.05) is 6.04 Å². The van der Waals surface area contributed by atoms with E-state index in [9.17, 15) is 18.0 Å². The molecule has 0 aliphatic rings. The van der Waals surface area contributed by atoms with Gasteiger partial charge in [0.1, 0.15) is 0 Å². The van der Waals surface area contributed by atoms with Gasteiger partial charge in [-0.25, -0.2) is 0 Å². The number of anilines is 1. The average Bonchev–Trinajstić information content (AvgIpc) is 2.54. The van der Waals surface area contributed by atoms with Gasteiger partial charge in [-0.2, -0.15) is 13.2 Å². The molecule has 3 nitrogen and oxygen atoms in total.